The van der Waals surface area contributed by atoms with Gasteiger partial charge in [-0.3, -0.25) is 0 Å². The Kier molecular flexibility index (Phi) is 7.52. The maximum absolute atomic E-state index is 6.01. The Morgan fingerprint density at radius 3 is 2.44 bits per heavy atom. The second kappa shape index (κ2) is 10.3. The Hall–Kier alpha value is -2.07. The van der Waals surface area contributed by atoms with Crippen molar-refractivity contribution in [3.05, 3.63) is 60.2 Å². The van der Waals surface area contributed by atoms with Crippen LogP contribution >= 0.6 is 12.2 Å². The van der Waals surface area contributed by atoms with Gasteiger partial charge in [0.05, 0.1) is 6.10 Å². The molecule has 1 saturated carbocycles. The molecule has 1 fully saturated rings. The van der Waals surface area contributed by atoms with Crippen molar-refractivity contribution in [3.8, 4) is 5.75 Å². The van der Waals surface area contributed by atoms with E-state index in [9.17, 15) is 0 Å². The van der Waals surface area contributed by atoms with Crippen molar-refractivity contribution in [2.75, 3.05) is 11.9 Å². The first kappa shape index (κ1) is 19.7. The average Bonchev–Trinajstić information content (AvgIpc) is 3.20. The highest BCUT2D eigenvalue weighted by Crippen LogP contribution is 2.25. The van der Waals surface area contributed by atoms with Crippen LogP contribution in [-0.2, 0) is 6.42 Å². The topological polar surface area (TPSA) is 33.3 Å². The summed E-state index contributed by atoms with van der Waals surface area (Å²) >= 11 is 5.46. The van der Waals surface area contributed by atoms with Crippen molar-refractivity contribution >= 4 is 23.0 Å². The lowest BCUT2D eigenvalue weighted by Gasteiger charge is -2.18. The van der Waals surface area contributed by atoms with Crippen LogP contribution in [0.3, 0.4) is 0 Å². The molecule has 0 radical (unpaired) electrons. The molecule has 0 bridgehead atoms. The summed E-state index contributed by atoms with van der Waals surface area (Å²) in [4.78, 5) is 0. The van der Waals surface area contributed by atoms with E-state index in [1.165, 1.54) is 31.2 Å². The zero-order valence-electron chi connectivity index (χ0n) is 16.1. The molecule has 0 heterocycles. The van der Waals surface area contributed by atoms with Crippen LogP contribution in [-0.4, -0.2) is 17.8 Å². The van der Waals surface area contributed by atoms with Gasteiger partial charge in [0, 0.05) is 12.2 Å². The van der Waals surface area contributed by atoms with Gasteiger partial charge in [0.15, 0.2) is 5.11 Å². The lowest BCUT2D eigenvalue weighted by atomic mass is 9.97. The molecule has 1 atom stereocenters. The Balaban J connectivity index is 1.42. The van der Waals surface area contributed by atoms with Crippen LogP contribution in [0.5, 0.6) is 5.75 Å². The summed E-state index contributed by atoms with van der Waals surface area (Å²) in [5, 5.41) is 7.31. The number of hydrogen-bond acceptors (Lipinski definition) is 2. The first-order valence-corrected chi connectivity index (χ1v) is 10.5. The number of hydrogen-bond donors (Lipinski definition) is 2. The normalized spacial score (nSPS) is 15.3. The number of benzene rings is 2. The van der Waals surface area contributed by atoms with Gasteiger partial charge in [-0.05, 0) is 80.1 Å². The SMILES string of the molecule is CC[C@@H](CNC(=S)Nc1ccc(OC2CCCC2)cc1)Cc1ccccc1. The molecule has 1 aliphatic rings. The molecule has 27 heavy (non-hydrogen) atoms. The average molecular weight is 383 g/mol. The summed E-state index contributed by atoms with van der Waals surface area (Å²) in [6, 6.07) is 18.7. The molecule has 0 unspecified atom stereocenters. The number of rotatable bonds is 8. The van der Waals surface area contributed by atoms with E-state index in [-0.39, 0.29) is 0 Å². The third kappa shape index (κ3) is 6.55. The minimum atomic E-state index is 0.391. The molecular formula is C23H30N2OS. The van der Waals surface area contributed by atoms with Crippen molar-refractivity contribution in [3.63, 3.8) is 0 Å². The Morgan fingerprint density at radius 2 is 1.78 bits per heavy atom. The third-order valence-corrected chi connectivity index (χ3v) is 5.46. The van der Waals surface area contributed by atoms with Crippen LogP contribution in [0.1, 0.15) is 44.6 Å². The maximum Gasteiger partial charge on any atom is 0.170 e. The summed E-state index contributed by atoms with van der Waals surface area (Å²) in [6.07, 6.45) is 7.51. The number of anilines is 1. The largest absolute Gasteiger partial charge is 0.490 e. The molecule has 1 aliphatic carbocycles. The zero-order chi connectivity index (χ0) is 18.9. The highest BCUT2D eigenvalue weighted by Gasteiger charge is 2.16. The Bertz CT molecular complexity index is 696. The van der Waals surface area contributed by atoms with Gasteiger partial charge in [-0.15, -0.1) is 0 Å². The second-order valence-electron chi connectivity index (χ2n) is 7.35. The number of ether oxygens (including phenoxy) is 1. The van der Waals surface area contributed by atoms with Gasteiger partial charge in [0.1, 0.15) is 5.75 Å². The summed E-state index contributed by atoms with van der Waals surface area (Å²) in [5.41, 5.74) is 2.37. The van der Waals surface area contributed by atoms with Crippen LogP contribution in [0.15, 0.2) is 54.6 Å². The van der Waals surface area contributed by atoms with Gasteiger partial charge < -0.3 is 15.4 Å². The Labute approximate surface area is 168 Å². The minimum Gasteiger partial charge on any atom is -0.490 e. The van der Waals surface area contributed by atoms with E-state index >= 15 is 0 Å². The molecule has 2 aromatic carbocycles. The minimum absolute atomic E-state index is 0.391. The lowest BCUT2D eigenvalue weighted by molar-refractivity contribution is 0.210. The summed E-state index contributed by atoms with van der Waals surface area (Å²) in [7, 11) is 0. The summed E-state index contributed by atoms with van der Waals surface area (Å²) in [6.45, 7) is 3.11. The fourth-order valence-corrected chi connectivity index (χ4v) is 3.74. The molecule has 0 saturated heterocycles. The van der Waals surface area contributed by atoms with Crippen molar-refractivity contribution in [1.29, 1.82) is 0 Å². The van der Waals surface area contributed by atoms with Gasteiger partial charge in [0.2, 0.25) is 0 Å². The monoisotopic (exact) mass is 382 g/mol. The maximum atomic E-state index is 6.01. The van der Waals surface area contributed by atoms with Crippen LogP contribution in [0.25, 0.3) is 0 Å². The number of thiocarbonyl (C=S) groups is 1. The molecule has 2 N–H and O–H groups in total. The molecular weight excluding hydrogens is 352 g/mol. The quantitative estimate of drug-likeness (QED) is 0.585. The van der Waals surface area contributed by atoms with Gasteiger partial charge >= 0.3 is 0 Å². The molecule has 2 aromatic rings. The predicted molar refractivity (Wildman–Crippen MR) is 117 cm³/mol. The predicted octanol–water partition coefficient (Wildman–Crippen LogP) is 5.56. The smallest absolute Gasteiger partial charge is 0.170 e. The van der Waals surface area contributed by atoms with E-state index in [1.807, 2.05) is 24.3 Å². The van der Waals surface area contributed by atoms with Gasteiger partial charge in [0.25, 0.3) is 0 Å². The molecule has 3 rings (SSSR count). The van der Waals surface area contributed by atoms with Gasteiger partial charge in [-0.1, -0.05) is 43.7 Å². The lowest BCUT2D eigenvalue weighted by Crippen LogP contribution is -2.33. The molecule has 0 aromatic heterocycles. The van der Waals surface area contributed by atoms with Crippen LogP contribution in [0.2, 0.25) is 0 Å². The summed E-state index contributed by atoms with van der Waals surface area (Å²) in [5.74, 6) is 1.51. The highest BCUT2D eigenvalue weighted by molar-refractivity contribution is 7.80. The van der Waals surface area contributed by atoms with E-state index in [4.69, 9.17) is 17.0 Å². The molecule has 0 aliphatic heterocycles. The fourth-order valence-electron chi connectivity index (χ4n) is 3.54. The van der Waals surface area contributed by atoms with E-state index < -0.39 is 0 Å². The number of nitrogens with one attached hydrogen (secondary N) is 2. The molecule has 0 amide bonds. The molecule has 4 heteroatoms. The molecule has 3 nitrogen and oxygen atoms in total. The standard InChI is InChI=1S/C23H30N2OS/c1-2-18(16-19-8-4-3-5-9-19)17-24-23(27)25-20-12-14-22(15-13-20)26-21-10-6-7-11-21/h3-5,8-9,12-15,18,21H,2,6-7,10-11,16-17H2,1H3,(H2,24,25,27)/t18-/m1/s1. The van der Waals surface area contributed by atoms with E-state index in [1.54, 1.807) is 0 Å². The van der Waals surface area contributed by atoms with E-state index in [0.717, 1.165) is 30.8 Å². The zero-order valence-corrected chi connectivity index (χ0v) is 16.9. The van der Waals surface area contributed by atoms with Gasteiger partial charge in [-0.2, -0.15) is 0 Å². The Morgan fingerprint density at radius 1 is 1.07 bits per heavy atom. The van der Waals surface area contributed by atoms with Crippen molar-refractivity contribution < 1.29 is 4.74 Å². The van der Waals surface area contributed by atoms with Crippen LogP contribution in [0, 0.1) is 5.92 Å². The fraction of sp³-hybridized carbons (Fsp3) is 0.435. The molecule has 0 spiro atoms. The van der Waals surface area contributed by atoms with Gasteiger partial charge in [-0.25, -0.2) is 0 Å². The second-order valence-corrected chi connectivity index (χ2v) is 7.76. The van der Waals surface area contributed by atoms with E-state index in [2.05, 4.69) is 47.9 Å². The first-order chi connectivity index (χ1) is 13.2. The highest BCUT2D eigenvalue weighted by atomic mass is 32.1. The molecule has 144 valence electrons. The third-order valence-electron chi connectivity index (χ3n) is 5.21. The van der Waals surface area contributed by atoms with E-state index in [0.29, 0.717) is 17.1 Å². The van der Waals surface area contributed by atoms with Crippen molar-refractivity contribution in [2.24, 2.45) is 5.92 Å². The summed E-state index contributed by atoms with van der Waals surface area (Å²) < 4.78 is 6.01. The first-order valence-electron chi connectivity index (χ1n) is 10.1. The van der Waals surface area contributed by atoms with Crippen molar-refractivity contribution in [2.45, 2.75) is 51.6 Å². The van der Waals surface area contributed by atoms with Crippen LogP contribution < -0.4 is 15.4 Å². The van der Waals surface area contributed by atoms with Crippen LogP contribution in [0.4, 0.5) is 5.69 Å². The van der Waals surface area contributed by atoms with Crippen molar-refractivity contribution in [1.82, 2.24) is 5.32 Å².